The molecule has 0 bridgehead atoms. The molecule has 4 rings (SSSR count). The van der Waals surface area contributed by atoms with Crippen LogP contribution in [0.2, 0.25) is 0 Å². The zero-order chi connectivity index (χ0) is 41.5. The highest BCUT2D eigenvalue weighted by molar-refractivity contribution is 7.85. The lowest BCUT2D eigenvalue weighted by Gasteiger charge is -2.28. The smallest absolute Gasteiger partial charge is 0.410 e. The third kappa shape index (κ3) is 14.7. The molecule has 0 aromatic heterocycles. The second-order valence-corrected chi connectivity index (χ2v) is 16.5. The molecule has 0 spiro atoms. The molecule has 2 aliphatic heterocycles. The molecule has 2 aromatic carbocycles. The average molecular weight is 804 g/mol. The number of nitrogens with zero attached hydrogens (tertiary/aromatic N) is 4. The van der Waals surface area contributed by atoms with Gasteiger partial charge in [0.15, 0.2) is 0 Å². The molecule has 306 valence electrons. The van der Waals surface area contributed by atoms with Gasteiger partial charge in [-0.1, -0.05) is 0 Å². The third-order valence-electron chi connectivity index (χ3n) is 7.66. The van der Waals surface area contributed by atoms with Crippen molar-refractivity contribution in [2.45, 2.75) is 89.9 Å². The summed E-state index contributed by atoms with van der Waals surface area (Å²) in [4.78, 5) is 48.1. The first kappa shape index (κ1) is 44.5. The maximum Gasteiger partial charge on any atom is 0.410 e. The lowest BCUT2D eigenvalue weighted by molar-refractivity contribution is -0.385. The van der Waals surface area contributed by atoms with Crippen LogP contribution in [0.3, 0.4) is 0 Å². The first-order valence-corrected chi connectivity index (χ1v) is 18.9. The van der Waals surface area contributed by atoms with Crippen molar-refractivity contribution < 1.29 is 59.8 Å². The molecular weight excluding hydrogens is 756 g/mol. The van der Waals surface area contributed by atoms with Gasteiger partial charge < -0.3 is 29.2 Å². The normalized spacial score (nSPS) is 20.0. The van der Waals surface area contributed by atoms with Crippen LogP contribution in [0.5, 0.6) is 11.5 Å². The number of likely N-dealkylation sites (N-methyl/N-ethyl adjacent to an activating group) is 1. The van der Waals surface area contributed by atoms with Crippen LogP contribution in [0.25, 0.3) is 0 Å². The Balaban J connectivity index is 0.000000297. The Morgan fingerprint density at radius 3 is 1.55 bits per heavy atom. The number of carbonyl (C=O) groups is 2. The van der Waals surface area contributed by atoms with Gasteiger partial charge in [0.05, 0.1) is 72.1 Å². The summed E-state index contributed by atoms with van der Waals surface area (Å²) in [5.41, 5.74) is -2.25. The largest absolute Gasteiger partial charge is 0.488 e. The number of benzene rings is 2. The van der Waals surface area contributed by atoms with E-state index in [1.165, 1.54) is 11.0 Å². The van der Waals surface area contributed by atoms with Crippen molar-refractivity contribution in [3.05, 3.63) is 68.3 Å². The van der Waals surface area contributed by atoms with Crippen LogP contribution < -0.4 is 14.8 Å². The molecule has 2 heterocycles. The summed E-state index contributed by atoms with van der Waals surface area (Å²) in [6.07, 6.45) is -0.660. The minimum Gasteiger partial charge on any atom is -0.488 e. The Morgan fingerprint density at radius 1 is 0.782 bits per heavy atom. The van der Waals surface area contributed by atoms with Gasteiger partial charge in [0.2, 0.25) is 0 Å². The topological polar surface area (TPSA) is 219 Å². The van der Waals surface area contributed by atoms with E-state index in [9.17, 15) is 47.0 Å². The minimum absolute atomic E-state index is 0.0109. The average Bonchev–Trinajstić information content (AvgIpc) is 3.61. The van der Waals surface area contributed by atoms with Crippen molar-refractivity contribution >= 4 is 33.7 Å². The van der Waals surface area contributed by atoms with E-state index < -0.39 is 78.9 Å². The van der Waals surface area contributed by atoms with E-state index in [1.807, 2.05) is 0 Å². The molecule has 0 unspecified atom stereocenters. The van der Waals surface area contributed by atoms with Crippen LogP contribution in [0.4, 0.5) is 29.7 Å². The predicted octanol–water partition coefficient (Wildman–Crippen LogP) is 5.18. The molecule has 2 aliphatic rings. The summed E-state index contributed by atoms with van der Waals surface area (Å²) < 4.78 is 76.7. The lowest BCUT2D eigenvalue weighted by atomic mass is 10.2. The maximum atomic E-state index is 13.6. The van der Waals surface area contributed by atoms with Gasteiger partial charge in [0, 0.05) is 31.5 Å². The molecule has 0 saturated carbocycles. The number of likely N-dealkylation sites (tertiary alicyclic amines) is 2. The summed E-state index contributed by atoms with van der Waals surface area (Å²) in [6, 6.07) is 5.10. The van der Waals surface area contributed by atoms with Crippen molar-refractivity contribution in [2.24, 2.45) is 0 Å². The van der Waals surface area contributed by atoms with Crippen LogP contribution in [0.15, 0.2) is 36.4 Å². The molecule has 4 atom stereocenters. The van der Waals surface area contributed by atoms with Crippen molar-refractivity contribution in [1.82, 2.24) is 15.1 Å². The number of non-ortho nitro benzene ring substituents is 2. The Bertz CT molecular complexity index is 1820. The summed E-state index contributed by atoms with van der Waals surface area (Å²) in [6.45, 7) is 10.9. The van der Waals surface area contributed by atoms with Crippen molar-refractivity contribution in [3.8, 4) is 11.5 Å². The number of halogens is 2. The van der Waals surface area contributed by atoms with Crippen LogP contribution in [-0.2, 0) is 23.8 Å². The number of carbonyl (C=O) groups excluding carboxylic acids is 2. The van der Waals surface area contributed by atoms with Gasteiger partial charge in [-0.05, 0) is 48.6 Å². The molecule has 2 fully saturated rings. The van der Waals surface area contributed by atoms with E-state index in [0.717, 1.165) is 36.6 Å². The zero-order valence-electron chi connectivity index (χ0n) is 31.8. The van der Waals surface area contributed by atoms with Crippen LogP contribution in [0, 0.1) is 31.9 Å². The number of ether oxygens (including phenoxy) is 4. The molecular formula is C34H47F2N5O13S. The molecule has 18 nitrogen and oxygen atoms in total. The van der Waals surface area contributed by atoms with Crippen molar-refractivity contribution in [3.63, 3.8) is 0 Å². The molecule has 1 N–H and O–H groups in total. The Labute approximate surface area is 317 Å². The fourth-order valence-electron chi connectivity index (χ4n) is 5.62. The predicted molar refractivity (Wildman–Crippen MR) is 192 cm³/mol. The van der Waals surface area contributed by atoms with Crippen molar-refractivity contribution in [1.29, 1.82) is 0 Å². The number of rotatable bonds is 11. The van der Waals surface area contributed by atoms with Crippen molar-refractivity contribution in [2.75, 3.05) is 39.5 Å². The summed E-state index contributed by atoms with van der Waals surface area (Å²) in [5, 5.41) is 24.8. The molecule has 0 aliphatic carbocycles. The number of nitrogens with one attached hydrogen (secondary N) is 1. The fraction of sp³-hybridized carbons (Fsp3) is 0.588. The lowest BCUT2D eigenvalue weighted by Crippen LogP contribution is -2.43. The third-order valence-corrected chi connectivity index (χ3v) is 8.23. The van der Waals surface area contributed by atoms with E-state index in [2.05, 4.69) is 5.32 Å². The zero-order valence-corrected chi connectivity index (χ0v) is 32.6. The van der Waals surface area contributed by atoms with Gasteiger partial charge in [0.1, 0.15) is 46.5 Å². The van der Waals surface area contributed by atoms with E-state index in [1.54, 1.807) is 53.5 Å². The van der Waals surface area contributed by atoms with E-state index >= 15 is 0 Å². The molecule has 55 heavy (non-hydrogen) atoms. The Morgan fingerprint density at radius 2 is 1.18 bits per heavy atom. The first-order valence-electron chi connectivity index (χ1n) is 17.0. The standard InChI is InChI=1S/C17H24FN3O5.C17H23FN2O8S/c1-17(2,3)26-16(22)20-10-15(8-13(20)9-19-4)25-14-6-11(18)5-12(7-14)21(23)24;1-17(2,3)28-16(21)19-9-15(8-13(19)10-26-29(4,24)25)27-14-6-11(18)5-12(7-14)20(22)23/h5-7,13,15,19H,8-10H2,1-4H3;5-7,13,15H,8-10H2,1-4H3/t2*13-,15+/m00/s1. The van der Waals surface area contributed by atoms with Gasteiger partial charge in [-0.2, -0.15) is 8.42 Å². The number of amides is 2. The minimum atomic E-state index is -3.74. The number of nitro benzene ring substituents is 2. The van der Waals surface area contributed by atoms with Crippen LogP contribution in [-0.4, -0.2) is 115 Å². The molecule has 0 radical (unpaired) electrons. The summed E-state index contributed by atoms with van der Waals surface area (Å²) in [7, 11) is -1.96. The highest BCUT2D eigenvalue weighted by atomic mass is 32.2. The van der Waals surface area contributed by atoms with Gasteiger partial charge in [-0.3, -0.25) is 29.3 Å². The van der Waals surface area contributed by atoms with E-state index in [4.69, 9.17) is 23.1 Å². The van der Waals surface area contributed by atoms with Gasteiger partial charge in [0.25, 0.3) is 21.5 Å². The number of hydrogen-bond donors (Lipinski definition) is 1. The van der Waals surface area contributed by atoms with E-state index in [-0.39, 0.29) is 49.3 Å². The van der Waals surface area contributed by atoms with Crippen LogP contribution >= 0.6 is 0 Å². The highest BCUT2D eigenvalue weighted by Crippen LogP contribution is 2.30. The fourth-order valence-corrected chi connectivity index (χ4v) is 6.03. The number of nitro groups is 2. The second-order valence-electron chi connectivity index (χ2n) is 14.9. The van der Waals surface area contributed by atoms with E-state index in [0.29, 0.717) is 13.0 Å². The SMILES string of the molecule is CC(C)(C)OC(=O)N1C[C@H](Oc2cc(F)cc([N+](=O)[O-])c2)C[C@H]1COS(C)(=O)=O.CNC[C@@H]1C[C@@H](Oc2cc(F)cc([N+](=O)[O-])c2)CN1C(=O)OC(C)(C)C. The Hall–Kier alpha value is -4.89. The van der Waals surface area contributed by atoms with Gasteiger partial charge >= 0.3 is 12.2 Å². The molecule has 21 heteroatoms. The second kappa shape index (κ2) is 18.2. The molecule has 2 amide bonds. The molecule has 2 aromatic rings. The summed E-state index contributed by atoms with van der Waals surface area (Å²) in [5.74, 6) is -1.59. The summed E-state index contributed by atoms with van der Waals surface area (Å²) >= 11 is 0. The molecule has 2 saturated heterocycles. The highest BCUT2D eigenvalue weighted by Gasteiger charge is 2.40. The van der Waals surface area contributed by atoms with Gasteiger partial charge in [-0.15, -0.1) is 0 Å². The van der Waals surface area contributed by atoms with Crippen LogP contribution in [0.1, 0.15) is 54.4 Å². The number of hydrogen-bond acceptors (Lipinski definition) is 14. The quantitative estimate of drug-likeness (QED) is 0.176. The first-order chi connectivity index (χ1) is 25.3. The maximum absolute atomic E-state index is 13.6. The monoisotopic (exact) mass is 803 g/mol. The van der Waals surface area contributed by atoms with Gasteiger partial charge in [-0.25, -0.2) is 18.4 Å². The Kier molecular flexibility index (Phi) is 14.7.